The average molecular weight is 453 g/mol. The van der Waals surface area contributed by atoms with Crippen LogP contribution >= 0.6 is 0 Å². The van der Waals surface area contributed by atoms with Gasteiger partial charge >= 0.3 is 5.97 Å². The van der Waals surface area contributed by atoms with Gasteiger partial charge in [-0.05, 0) is 81.0 Å². The highest BCUT2D eigenvalue weighted by Crippen LogP contribution is 2.44. The van der Waals surface area contributed by atoms with E-state index < -0.39 is 11.6 Å². The lowest BCUT2D eigenvalue weighted by atomic mass is 9.87. The quantitative estimate of drug-likeness (QED) is 0.403. The molecule has 2 aromatic carbocycles. The number of methoxy groups -OCH3 is 1. The van der Waals surface area contributed by atoms with Crippen LogP contribution in [-0.2, 0) is 11.2 Å². The Hall–Kier alpha value is -3.41. The van der Waals surface area contributed by atoms with Gasteiger partial charge < -0.3 is 24.1 Å². The summed E-state index contributed by atoms with van der Waals surface area (Å²) in [5, 5.41) is 8.82. The van der Waals surface area contributed by atoms with Crippen LogP contribution in [0.1, 0.15) is 41.2 Å². The highest BCUT2D eigenvalue weighted by Gasteiger charge is 2.36. The van der Waals surface area contributed by atoms with Gasteiger partial charge in [-0.15, -0.1) is 0 Å². The molecular formula is C27H32O6. The summed E-state index contributed by atoms with van der Waals surface area (Å²) in [5.41, 5.74) is 4.66. The van der Waals surface area contributed by atoms with Crippen LogP contribution in [0.25, 0.3) is 6.08 Å². The van der Waals surface area contributed by atoms with Crippen molar-refractivity contribution in [2.45, 2.75) is 46.1 Å². The van der Waals surface area contributed by atoms with Crippen LogP contribution in [0.15, 0.2) is 36.9 Å². The molecule has 0 spiro atoms. The molecule has 2 aromatic rings. The van der Waals surface area contributed by atoms with Gasteiger partial charge in [0.25, 0.3) is 0 Å². The third kappa shape index (κ3) is 5.33. The molecule has 6 nitrogen and oxygen atoms in total. The minimum Gasteiger partial charge on any atom is -0.493 e. The van der Waals surface area contributed by atoms with Crippen molar-refractivity contribution in [3.05, 3.63) is 64.7 Å². The fourth-order valence-electron chi connectivity index (χ4n) is 4.05. The molecule has 3 rings (SSSR count). The van der Waals surface area contributed by atoms with Crippen molar-refractivity contribution in [3.63, 3.8) is 0 Å². The number of carbonyl (C=O) groups is 1. The SMILES string of the molecule is C=CCOc1c(C)c(C)c2c(c1C)CCC(C)(COc1ccc(/C=C/C(=O)O)cc1OC)O2. The van der Waals surface area contributed by atoms with E-state index in [0.29, 0.717) is 30.3 Å². The zero-order valence-electron chi connectivity index (χ0n) is 20.0. The molecule has 6 heteroatoms. The molecule has 0 amide bonds. The summed E-state index contributed by atoms with van der Waals surface area (Å²) in [4.78, 5) is 10.8. The zero-order chi connectivity index (χ0) is 24.2. The van der Waals surface area contributed by atoms with Gasteiger partial charge in [0.1, 0.15) is 30.3 Å². The predicted octanol–water partition coefficient (Wildman–Crippen LogP) is 5.45. The summed E-state index contributed by atoms with van der Waals surface area (Å²) < 4.78 is 24.0. The highest BCUT2D eigenvalue weighted by molar-refractivity contribution is 5.85. The van der Waals surface area contributed by atoms with Gasteiger partial charge in [0, 0.05) is 11.6 Å². The van der Waals surface area contributed by atoms with E-state index in [2.05, 4.69) is 34.3 Å². The van der Waals surface area contributed by atoms with E-state index in [1.54, 1.807) is 31.4 Å². The Balaban J connectivity index is 1.80. The molecule has 1 unspecified atom stereocenters. The Bertz CT molecular complexity index is 1080. The summed E-state index contributed by atoms with van der Waals surface area (Å²) in [6, 6.07) is 5.32. The number of ether oxygens (including phenoxy) is 4. The van der Waals surface area contributed by atoms with Crippen LogP contribution in [0.3, 0.4) is 0 Å². The number of aliphatic carboxylic acids is 1. The van der Waals surface area contributed by atoms with Gasteiger partial charge in [0.15, 0.2) is 11.5 Å². The topological polar surface area (TPSA) is 74.2 Å². The third-order valence-corrected chi connectivity index (χ3v) is 6.05. The fraction of sp³-hybridized carbons (Fsp3) is 0.370. The van der Waals surface area contributed by atoms with Crippen LogP contribution in [0, 0.1) is 20.8 Å². The molecule has 0 aromatic heterocycles. The van der Waals surface area contributed by atoms with Gasteiger partial charge in [-0.2, -0.15) is 0 Å². The van der Waals surface area contributed by atoms with Crippen molar-refractivity contribution >= 4 is 12.0 Å². The normalized spacial score (nSPS) is 17.2. The summed E-state index contributed by atoms with van der Waals surface area (Å²) in [7, 11) is 1.56. The van der Waals surface area contributed by atoms with E-state index in [1.165, 1.54) is 11.6 Å². The van der Waals surface area contributed by atoms with Crippen molar-refractivity contribution in [1.29, 1.82) is 0 Å². The van der Waals surface area contributed by atoms with Crippen molar-refractivity contribution in [2.24, 2.45) is 0 Å². The van der Waals surface area contributed by atoms with Crippen molar-refractivity contribution in [3.8, 4) is 23.0 Å². The standard InChI is InChI=1S/C27H32O6/c1-7-14-31-25-17(2)18(3)26-21(19(25)4)12-13-27(5,33-26)16-32-22-10-8-20(9-11-24(28)29)15-23(22)30-6/h7-11,15H,1,12-14,16H2,2-6H3,(H,28,29)/b11-9+. The van der Waals surface area contributed by atoms with E-state index in [0.717, 1.165) is 47.1 Å². The molecule has 1 atom stereocenters. The highest BCUT2D eigenvalue weighted by atomic mass is 16.6. The number of carboxylic acid groups (broad SMARTS) is 1. The van der Waals surface area contributed by atoms with Crippen molar-refractivity contribution in [1.82, 2.24) is 0 Å². The molecule has 1 heterocycles. The number of benzene rings is 2. The second-order valence-electron chi connectivity index (χ2n) is 8.53. The monoisotopic (exact) mass is 452 g/mol. The summed E-state index contributed by atoms with van der Waals surface area (Å²) in [5.74, 6) is 1.94. The van der Waals surface area contributed by atoms with Gasteiger partial charge in [-0.3, -0.25) is 0 Å². The van der Waals surface area contributed by atoms with Gasteiger partial charge in [0.05, 0.1) is 7.11 Å². The molecule has 1 aliphatic heterocycles. The molecule has 33 heavy (non-hydrogen) atoms. The Morgan fingerprint density at radius 2 is 1.94 bits per heavy atom. The van der Waals surface area contributed by atoms with E-state index in [-0.39, 0.29) is 0 Å². The van der Waals surface area contributed by atoms with Gasteiger partial charge in [-0.1, -0.05) is 18.7 Å². The molecule has 1 aliphatic rings. The predicted molar refractivity (Wildman–Crippen MR) is 129 cm³/mol. The molecule has 0 fully saturated rings. The summed E-state index contributed by atoms with van der Waals surface area (Å²) in [6.45, 7) is 12.8. The van der Waals surface area contributed by atoms with Gasteiger partial charge in [-0.25, -0.2) is 4.79 Å². The molecular weight excluding hydrogens is 420 g/mol. The number of fused-ring (bicyclic) bond motifs is 1. The Labute approximate surface area is 195 Å². The maximum atomic E-state index is 10.8. The minimum atomic E-state index is -1.00. The maximum absolute atomic E-state index is 10.8. The molecule has 0 saturated carbocycles. The third-order valence-electron chi connectivity index (χ3n) is 6.05. The molecule has 0 radical (unpaired) electrons. The number of carboxylic acids is 1. The second kappa shape index (κ2) is 10.0. The number of hydrogen-bond acceptors (Lipinski definition) is 5. The van der Waals surface area contributed by atoms with Crippen LogP contribution in [0.5, 0.6) is 23.0 Å². The number of hydrogen-bond donors (Lipinski definition) is 1. The Morgan fingerprint density at radius 3 is 2.61 bits per heavy atom. The van der Waals surface area contributed by atoms with Crippen LogP contribution in [0.2, 0.25) is 0 Å². The molecule has 0 aliphatic carbocycles. The molecule has 176 valence electrons. The lowest BCUT2D eigenvalue weighted by Gasteiger charge is -2.38. The molecule has 1 N–H and O–H groups in total. The summed E-state index contributed by atoms with van der Waals surface area (Å²) >= 11 is 0. The molecule has 0 bridgehead atoms. The smallest absolute Gasteiger partial charge is 0.328 e. The fourth-order valence-corrected chi connectivity index (χ4v) is 4.05. The van der Waals surface area contributed by atoms with Crippen LogP contribution < -0.4 is 18.9 Å². The van der Waals surface area contributed by atoms with Crippen molar-refractivity contribution in [2.75, 3.05) is 20.3 Å². The minimum absolute atomic E-state index is 0.347. The summed E-state index contributed by atoms with van der Waals surface area (Å²) in [6.07, 6.45) is 6.01. The van der Waals surface area contributed by atoms with Crippen molar-refractivity contribution < 1.29 is 28.8 Å². The first-order valence-corrected chi connectivity index (χ1v) is 11.0. The number of rotatable bonds is 9. The lowest BCUT2D eigenvalue weighted by molar-refractivity contribution is -0.131. The maximum Gasteiger partial charge on any atom is 0.328 e. The van der Waals surface area contributed by atoms with E-state index in [1.807, 2.05) is 0 Å². The van der Waals surface area contributed by atoms with Crippen LogP contribution in [0.4, 0.5) is 0 Å². The zero-order valence-corrected chi connectivity index (χ0v) is 20.0. The Kier molecular flexibility index (Phi) is 7.36. The Morgan fingerprint density at radius 1 is 1.18 bits per heavy atom. The first kappa shape index (κ1) is 24.2. The van der Waals surface area contributed by atoms with E-state index >= 15 is 0 Å². The lowest BCUT2D eigenvalue weighted by Crippen LogP contribution is -2.42. The van der Waals surface area contributed by atoms with Gasteiger partial charge in [0.2, 0.25) is 0 Å². The first-order chi connectivity index (χ1) is 15.7. The average Bonchev–Trinajstić information content (AvgIpc) is 2.80. The van der Waals surface area contributed by atoms with E-state index in [4.69, 9.17) is 24.1 Å². The second-order valence-corrected chi connectivity index (χ2v) is 8.53. The van der Waals surface area contributed by atoms with Crippen LogP contribution in [-0.4, -0.2) is 37.0 Å². The van der Waals surface area contributed by atoms with E-state index in [9.17, 15) is 4.79 Å². The largest absolute Gasteiger partial charge is 0.493 e. The molecule has 0 saturated heterocycles. The first-order valence-electron chi connectivity index (χ1n) is 11.0.